The average molecular weight is 1880 g/mol. The molecular weight excluding hydrogens is 1820 g/mol. The molecule has 8 rings (SSSR count). The lowest BCUT2D eigenvalue weighted by Crippen LogP contribution is -2.99. The van der Waals surface area contributed by atoms with Crippen LogP contribution in [0.25, 0.3) is 0 Å². The van der Waals surface area contributed by atoms with Crippen LogP contribution in [0.4, 0.5) is 32.3 Å². The van der Waals surface area contributed by atoms with E-state index >= 15 is 0 Å². The number of hydrogen-bond acceptors (Lipinski definition) is 15. The van der Waals surface area contributed by atoms with Crippen molar-refractivity contribution in [2.75, 3.05) is 73.2 Å². The molecule has 4 N–H and O–H groups in total. The number of amides is 3. The van der Waals surface area contributed by atoms with E-state index in [2.05, 4.69) is 66.9 Å². The molecule has 4 saturated heterocycles. The third kappa shape index (κ3) is 36.8. The maximum Gasteiger partial charge on any atom is 0.410 e. The average Bonchev–Trinajstić information content (AvgIpc) is 0.927. The van der Waals surface area contributed by atoms with Crippen LogP contribution in [0.1, 0.15) is 88.2 Å². The van der Waals surface area contributed by atoms with Gasteiger partial charge in [0, 0.05) is 638 Å². The first-order valence-corrected chi connectivity index (χ1v) is 49.5. The van der Waals surface area contributed by atoms with Crippen molar-refractivity contribution in [1.82, 2.24) is 29.7 Å². The van der Waals surface area contributed by atoms with Crippen LogP contribution < -0.4 is 20.9 Å². The van der Waals surface area contributed by atoms with E-state index in [1.165, 1.54) is 28.1 Å². The van der Waals surface area contributed by atoms with Crippen molar-refractivity contribution < 1.29 is 33.8 Å². The second-order valence-corrected chi connectivity index (χ2v) is 44.4. The summed E-state index contributed by atoms with van der Waals surface area (Å²) in [6.45, 7) is 18.1. The molecule has 4 fully saturated rings. The zero-order valence-electron chi connectivity index (χ0n) is 81.3. The number of anilines is 4. The first kappa shape index (κ1) is 132. The number of carboxylic acid groups (broad SMARTS) is 1. The van der Waals surface area contributed by atoms with E-state index in [0.717, 1.165) is 95.1 Å². The molecule has 8 heterocycles. The van der Waals surface area contributed by atoms with Crippen LogP contribution in [0.3, 0.4) is 0 Å². The number of likely N-dealkylation sites (tertiary alicyclic amines) is 2. The Hall–Kier alpha value is 0.465. The Bertz CT molecular complexity index is 4080. The second kappa shape index (κ2) is 58.8. The van der Waals surface area contributed by atoms with Gasteiger partial charge in [0.15, 0.2) is 13.5 Å². The number of nitrogens with zero attached hydrogens (tertiary/aromatic N) is 8. The maximum absolute atomic E-state index is 12.5. The molecule has 141 heavy (non-hydrogen) atoms. The molecule has 99 heteroatoms. The summed E-state index contributed by atoms with van der Waals surface area (Å²) in [6.07, 6.45) is -52.5. The highest BCUT2D eigenvalue weighted by molar-refractivity contribution is 9.11. The van der Waals surface area contributed by atoms with Crippen LogP contribution in [0.2, 0.25) is 0 Å². The molecule has 574 valence electrons. The molecule has 80 radical (unpaired) electrons. The van der Waals surface area contributed by atoms with Crippen molar-refractivity contribution in [3.63, 3.8) is 0 Å². The Labute approximate surface area is 937 Å². The number of halogens is 2. The number of thiazole rings is 2. The van der Waals surface area contributed by atoms with Gasteiger partial charge < -0.3 is 45.2 Å². The van der Waals surface area contributed by atoms with E-state index in [4.69, 9.17) is 330 Å². The van der Waals surface area contributed by atoms with Crippen LogP contribution in [-0.2, 0) is 9.47 Å². The van der Waals surface area contributed by atoms with Crippen molar-refractivity contribution in [3.05, 3.63) is 66.9 Å². The Morgan fingerprint density at radius 2 is 0.567 bits per heavy atom. The van der Waals surface area contributed by atoms with Crippen molar-refractivity contribution in [2.45, 2.75) is 78.4 Å². The van der Waals surface area contributed by atoms with E-state index in [1.54, 1.807) is 35.1 Å². The number of nitrogen functional groups attached to an aromatic ring is 1. The smallest absolute Gasteiger partial charge is 0.410 e. The van der Waals surface area contributed by atoms with Gasteiger partial charge in [-0.3, -0.25) is 14.8 Å². The van der Waals surface area contributed by atoms with Crippen LogP contribution in [-0.4, -0.2) is 675 Å². The number of rotatable bonds is 42. The molecule has 0 aromatic carbocycles. The van der Waals surface area contributed by atoms with Gasteiger partial charge in [-0.15, -0.1) is 22.7 Å². The fraction of sp³-hybridized carbons (Fsp3) is 0.524. The lowest BCUT2D eigenvalue weighted by molar-refractivity contribution is -0.0437. The van der Waals surface area contributed by atoms with E-state index in [1.807, 2.05) is 58.6 Å². The summed E-state index contributed by atoms with van der Waals surface area (Å²) < 4.78 is 12.2. The molecule has 17 nitrogen and oxygen atoms in total. The zero-order valence-corrected chi connectivity index (χ0v) is 86.1. The number of hydrogen-bond donors (Lipinski definition) is 3. The first-order valence-electron chi connectivity index (χ1n) is 46.1. The number of carbonyl (C=O) groups excluding carboxylic acids is 3. The Kier molecular flexibility index (Phi) is 55.1. The number of aromatic carboxylic acids is 1. The molecular formula is C42H54B78Br2N10O7S2. The highest BCUT2D eigenvalue weighted by Gasteiger charge is 2.67. The van der Waals surface area contributed by atoms with Crippen LogP contribution >= 0.6 is 54.5 Å². The fourth-order valence-electron chi connectivity index (χ4n) is 21.7. The molecule has 0 atom stereocenters. The molecule has 0 aliphatic carbocycles. The summed E-state index contributed by atoms with van der Waals surface area (Å²) in [4.78, 5) is 71.3. The monoisotopic (exact) mass is 1890 g/mol. The van der Waals surface area contributed by atoms with Crippen molar-refractivity contribution in [1.29, 1.82) is 0 Å². The van der Waals surface area contributed by atoms with Crippen molar-refractivity contribution in [2.24, 2.45) is 10.8 Å². The zero-order chi connectivity index (χ0) is 108. The van der Waals surface area contributed by atoms with Gasteiger partial charge in [0.05, 0.1) is 35.1 Å². The number of aromatic nitrogens is 4. The lowest BCUT2D eigenvalue weighted by atomic mass is 8.20. The predicted molar refractivity (Wildman–Crippen MR) is 700 cm³/mol. The number of nitrogens with one attached hydrogen (secondary N) is 1. The topological polar surface area (TPSA) is 210 Å². The van der Waals surface area contributed by atoms with E-state index in [0.29, 0.717) is 19.2 Å². The fourth-order valence-corrected chi connectivity index (χ4v) is 23.7. The third-order valence-corrected chi connectivity index (χ3v) is 30.2. The highest BCUT2D eigenvalue weighted by atomic mass is 79.9. The summed E-state index contributed by atoms with van der Waals surface area (Å²) in [7, 11) is 274. The molecule has 4 aromatic heterocycles. The first-order chi connectivity index (χ1) is 65.0. The van der Waals surface area contributed by atoms with Gasteiger partial charge in [-0.25, -0.2) is 24.4 Å². The quantitative estimate of drug-likeness (QED) is 0.0353. The van der Waals surface area contributed by atoms with E-state index < -0.39 is 260 Å². The normalized spacial score (nSPS) is 13.3. The van der Waals surface area contributed by atoms with Gasteiger partial charge in [0.25, 0.3) is 5.91 Å². The van der Waals surface area contributed by atoms with Gasteiger partial charge in [-0.1, -0.05) is 0 Å². The summed E-state index contributed by atoms with van der Waals surface area (Å²) in [6, 6.07) is 3.90. The Morgan fingerprint density at radius 1 is 0.355 bits per heavy atom. The standard InChI is InChI=1S/C21H26BrN5O3S.C17H26N4O2.C4H2BrNO2S.B78/c1-20(2,3)30-19(29)27-12-21(13-27)5-8-26(9-6-21)16-4-7-23-10-14(16)24-17(28)15-11-31-18(22)25-15;1-16(2,3)23-15(22)21-11-17(12-21)5-8-20(9-6-17)14-4-7-19-10-13(14)18;5-4-6-2(1-9-4)3(7)8;1-41(2)61(42(3)4)71(62(43(5)6)44(7)8)76(72(63(45(9)10)46(11)12)64(47(13)14)48(15)16)78(75(69(57(33)34)58(35)36)70(59(37)38)60(39)40)77(73(65(49(17)18)50(19)20)66(51(21)22)52(23)24)74(67(53(25)26)54(27)28)68(55(29)30)56(31)32/h4,7,10-11H,5-6,8-9,12-13H2,1-3H3,(H,24,28);4,7,10H,5-6,8-9,11-12,18H2,1-3H3;1H,(H,7,8);. The molecule has 0 bridgehead atoms. The molecule has 4 aromatic rings. The molecule has 0 unspecified atom stereocenters. The molecule has 4 aliphatic rings. The van der Waals surface area contributed by atoms with E-state index in [-0.39, 0.29) is 34.6 Å². The van der Waals surface area contributed by atoms with Gasteiger partial charge >= 0.3 is 18.2 Å². The van der Waals surface area contributed by atoms with Crippen molar-refractivity contribution in [3.8, 4) is 0 Å². The van der Waals surface area contributed by atoms with Gasteiger partial charge in [-0.05, 0) is 111 Å². The predicted octanol–water partition coefficient (Wildman–Crippen LogP) is -21.2. The number of pyridine rings is 2. The van der Waals surface area contributed by atoms with Crippen LogP contribution in [0.5, 0.6) is 0 Å². The number of ether oxygens (including phenoxy) is 2. The minimum absolute atomic E-state index is 0.0897. The maximum atomic E-state index is 12.5. The van der Waals surface area contributed by atoms with Crippen LogP contribution in [0, 0.1) is 10.8 Å². The number of carbonyl (C=O) groups is 4. The second-order valence-electron chi connectivity index (χ2n) is 40.1. The van der Waals surface area contributed by atoms with Crippen molar-refractivity contribution >= 4 is 653 Å². The van der Waals surface area contributed by atoms with Crippen LogP contribution in [0.15, 0.2) is 55.5 Å². The van der Waals surface area contributed by atoms with Gasteiger partial charge in [0.2, 0.25) is 0 Å². The molecule has 0 saturated carbocycles. The Balaban J connectivity index is 0.000000438. The number of piperidine rings is 2. The number of carboxylic acids is 1. The highest BCUT2D eigenvalue weighted by Crippen LogP contribution is 2.45. The summed E-state index contributed by atoms with van der Waals surface area (Å²) in [5, 5.41) is 14.5. The largest absolute Gasteiger partial charge is 0.476 e. The third-order valence-electron chi connectivity index (χ3n) is 27.5. The molecule has 3 amide bonds. The lowest BCUT2D eigenvalue weighted by Gasteiger charge is -2.61. The minimum atomic E-state index is -1.89. The molecule has 2 spiro atoms. The summed E-state index contributed by atoms with van der Waals surface area (Å²) >= 11 is 8.96. The van der Waals surface area contributed by atoms with Gasteiger partial charge in [-0.2, -0.15) is 0 Å². The SMILES string of the molecule is CC(C)(C)OC(=O)N1CC2(CCN(c3ccncc3N)CC2)C1.CC(C)(C)OC(=O)N1CC2(CCN(c3ccncc3NC(=O)c3csc(Br)n3)CC2)C1.O=C(O)c1csc(Br)n1.[B]B([B])B(B([B])[B])B(B(B([B])[B])B([B])[B])B(B(B(B([B])[B])B([B])[B])B(B([B])[B])B([B])[B])B(B(B(B([B])[B])B([B])[B])B(B([B])[B])B([B])[B])B(B(B(B([B])[B])B([B])[B])B(B([B])[B])B([B])[B])B(B(B([B])[B])B([B])[B])B(B([B])[B])B([B])[B]. The van der Waals surface area contributed by atoms with Gasteiger partial charge in [0.1, 0.15) is 16.9 Å². The Morgan fingerprint density at radius 3 is 0.766 bits per heavy atom. The molecule has 4 aliphatic heterocycles. The summed E-state index contributed by atoms with van der Waals surface area (Å²) in [5.41, 5.74) is 9.43. The minimum Gasteiger partial charge on any atom is -0.476 e. The summed E-state index contributed by atoms with van der Waals surface area (Å²) in [5.74, 6) is -1.24. The number of nitrogens with two attached hydrogens (primary N) is 1. The van der Waals surface area contributed by atoms with E-state index in [9.17, 15) is 19.2 Å².